The Bertz CT molecular complexity index is 771. The summed E-state index contributed by atoms with van der Waals surface area (Å²) in [5, 5.41) is 3.36. The van der Waals surface area contributed by atoms with E-state index >= 15 is 0 Å². The predicted octanol–water partition coefficient (Wildman–Crippen LogP) is 4.48. The van der Waals surface area contributed by atoms with Gasteiger partial charge in [-0.2, -0.15) is 0 Å². The molecule has 0 aliphatic rings. The molecule has 0 aliphatic carbocycles. The maximum absolute atomic E-state index is 12.5. The van der Waals surface area contributed by atoms with E-state index < -0.39 is 11.9 Å². The number of anilines is 1. The van der Waals surface area contributed by atoms with Crippen LogP contribution in [0.1, 0.15) is 51.9 Å². The second kappa shape index (κ2) is 7.77. The molecular weight excluding hydrogens is 348 g/mol. The number of hydrogen-bond acceptors (Lipinski definition) is 5. The van der Waals surface area contributed by atoms with Crippen LogP contribution >= 0.6 is 22.9 Å². The highest BCUT2D eigenvalue weighted by Gasteiger charge is 2.25. The number of nitrogens with one attached hydrogen (secondary N) is 1. The van der Waals surface area contributed by atoms with E-state index in [4.69, 9.17) is 16.3 Å². The Balaban J connectivity index is 2.38. The number of aromatic nitrogens is 1. The van der Waals surface area contributed by atoms with Crippen LogP contribution in [0.25, 0.3) is 0 Å². The van der Waals surface area contributed by atoms with Crippen molar-refractivity contribution in [3.05, 3.63) is 45.1 Å². The summed E-state index contributed by atoms with van der Waals surface area (Å²) in [6, 6.07) is 3.21. The van der Waals surface area contributed by atoms with Crippen LogP contribution in [0.15, 0.2) is 18.3 Å². The van der Waals surface area contributed by atoms with E-state index in [0.717, 1.165) is 10.4 Å². The lowest BCUT2D eigenvalue weighted by Crippen LogP contribution is -2.17. The Morgan fingerprint density at radius 3 is 2.71 bits per heavy atom. The van der Waals surface area contributed by atoms with Crippen molar-refractivity contribution in [1.82, 2.24) is 4.98 Å². The number of pyridine rings is 1. The van der Waals surface area contributed by atoms with Crippen molar-refractivity contribution in [2.45, 2.75) is 40.2 Å². The van der Waals surface area contributed by atoms with Crippen molar-refractivity contribution in [3.8, 4) is 0 Å². The fourth-order valence-electron chi connectivity index (χ4n) is 2.31. The van der Waals surface area contributed by atoms with Crippen molar-refractivity contribution in [3.63, 3.8) is 0 Å². The van der Waals surface area contributed by atoms with Gasteiger partial charge in [0.05, 0.1) is 17.2 Å². The van der Waals surface area contributed by atoms with Crippen molar-refractivity contribution in [2.24, 2.45) is 0 Å². The summed E-state index contributed by atoms with van der Waals surface area (Å²) in [6.07, 6.45) is 1.95. The average molecular weight is 367 g/mol. The van der Waals surface area contributed by atoms with E-state index in [-0.39, 0.29) is 16.8 Å². The number of amides is 1. The summed E-state index contributed by atoms with van der Waals surface area (Å²) >= 11 is 7.31. The summed E-state index contributed by atoms with van der Waals surface area (Å²) in [7, 11) is 0. The van der Waals surface area contributed by atoms with Gasteiger partial charge in [0, 0.05) is 11.1 Å². The molecule has 0 aliphatic heterocycles. The van der Waals surface area contributed by atoms with Gasteiger partial charge in [0.2, 0.25) is 0 Å². The lowest BCUT2D eigenvalue weighted by atomic mass is 10.1. The molecule has 1 N–H and O–H groups in total. The molecule has 0 bridgehead atoms. The molecule has 2 aromatic rings. The molecule has 0 saturated heterocycles. The lowest BCUT2D eigenvalue weighted by Gasteiger charge is -2.11. The first-order valence-corrected chi connectivity index (χ1v) is 8.79. The van der Waals surface area contributed by atoms with E-state index in [1.54, 1.807) is 26.0 Å². The van der Waals surface area contributed by atoms with Crippen LogP contribution in [-0.2, 0) is 11.2 Å². The maximum atomic E-state index is 12.5. The second-order valence-electron chi connectivity index (χ2n) is 5.44. The highest BCUT2D eigenvalue weighted by molar-refractivity contribution is 7.16. The number of halogens is 1. The molecule has 0 aromatic carbocycles. The van der Waals surface area contributed by atoms with E-state index in [1.807, 2.05) is 13.8 Å². The van der Waals surface area contributed by atoms with Crippen LogP contribution in [0.2, 0.25) is 5.15 Å². The van der Waals surface area contributed by atoms with Crippen molar-refractivity contribution in [2.75, 3.05) is 5.32 Å². The van der Waals surface area contributed by atoms with Gasteiger partial charge in [-0.1, -0.05) is 18.5 Å². The van der Waals surface area contributed by atoms with Crippen LogP contribution in [0.4, 0.5) is 5.00 Å². The Hall–Kier alpha value is -1.92. The molecule has 2 rings (SSSR count). The monoisotopic (exact) mass is 366 g/mol. The molecule has 5 nitrogen and oxygen atoms in total. The molecular formula is C17H19ClN2O3S. The Morgan fingerprint density at radius 2 is 2.12 bits per heavy atom. The van der Waals surface area contributed by atoms with Crippen molar-refractivity contribution >= 4 is 39.8 Å². The molecule has 0 spiro atoms. The highest BCUT2D eigenvalue weighted by atomic mass is 35.5. The molecule has 0 unspecified atom stereocenters. The highest BCUT2D eigenvalue weighted by Crippen LogP contribution is 2.34. The van der Waals surface area contributed by atoms with Crippen LogP contribution < -0.4 is 5.32 Å². The maximum Gasteiger partial charge on any atom is 0.341 e. The first-order valence-electron chi connectivity index (χ1n) is 7.60. The molecule has 2 aromatic heterocycles. The fourth-order valence-corrected chi connectivity index (χ4v) is 3.64. The number of ether oxygens (including phenoxy) is 1. The number of esters is 1. The van der Waals surface area contributed by atoms with Crippen LogP contribution in [0.5, 0.6) is 0 Å². The minimum absolute atomic E-state index is 0.116. The summed E-state index contributed by atoms with van der Waals surface area (Å²) in [5.74, 6) is -0.839. The molecule has 24 heavy (non-hydrogen) atoms. The van der Waals surface area contributed by atoms with E-state index in [9.17, 15) is 9.59 Å². The first-order chi connectivity index (χ1) is 11.3. The SMILES string of the molecule is CCc1c(C)sc(NC(=O)c2cccnc2Cl)c1C(=O)OC(C)C. The third kappa shape index (κ3) is 3.94. The number of carbonyl (C=O) groups excluding carboxylic acids is 2. The third-order valence-electron chi connectivity index (χ3n) is 3.34. The van der Waals surface area contributed by atoms with Crippen molar-refractivity contribution in [1.29, 1.82) is 0 Å². The van der Waals surface area contributed by atoms with Gasteiger partial charge in [-0.25, -0.2) is 9.78 Å². The van der Waals surface area contributed by atoms with E-state index in [1.165, 1.54) is 17.5 Å². The van der Waals surface area contributed by atoms with Gasteiger partial charge in [0.1, 0.15) is 10.2 Å². The zero-order valence-corrected chi connectivity index (χ0v) is 15.5. The molecule has 2 heterocycles. The molecule has 0 atom stereocenters. The minimum Gasteiger partial charge on any atom is -0.459 e. The number of rotatable bonds is 5. The molecule has 0 radical (unpaired) electrons. The zero-order chi connectivity index (χ0) is 17.9. The fraction of sp³-hybridized carbons (Fsp3) is 0.353. The molecule has 7 heteroatoms. The van der Waals surface area contributed by atoms with Gasteiger partial charge >= 0.3 is 5.97 Å². The molecule has 1 amide bonds. The number of nitrogens with zero attached hydrogens (tertiary/aromatic N) is 1. The number of aryl methyl sites for hydroxylation is 1. The van der Waals surface area contributed by atoms with Crippen LogP contribution in [0.3, 0.4) is 0 Å². The van der Waals surface area contributed by atoms with Gasteiger partial charge in [-0.05, 0) is 44.9 Å². The summed E-state index contributed by atoms with van der Waals surface area (Å²) in [6.45, 7) is 7.46. The summed E-state index contributed by atoms with van der Waals surface area (Å²) in [4.78, 5) is 29.8. The third-order valence-corrected chi connectivity index (χ3v) is 4.70. The van der Waals surface area contributed by atoms with Crippen molar-refractivity contribution < 1.29 is 14.3 Å². The van der Waals surface area contributed by atoms with Crippen LogP contribution in [0, 0.1) is 6.92 Å². The molecule has 128 valence electrons. The van der Waals surface area contributed by atoms with Gasteiger partial charge in [-0.3, -0.25) is 4.79 Å². The van der Waals surface area contributed by atoms with Gasteiger partial charge in [-0.15, -0.1) is 11.3 Å². The van der Waals surface area contributed by atoms with Gasteiger partial charge in [0.25, 0.3) is 5.91 Å². The minimum atomic E-state index is -0.432. The quantitative estimate of drug-likeness (QED) is 0.625. The smallest absolute Gasteiger partial charge is 0.341 e. The predicted molar refractivity (Wildman–Crippen MR) is 96.2 cm³/mol. The molecule has 0 fully saturated rings. The average Bonchev–Trinajstić information content (AvgIpc) is 2.82. The zero-order valence-electron chi connectivity index (χ0n) is 14.0. The summed E-state index contributed by atoms with van der Waals surface area (Å²) in [5.41, 5.74) is 1.56. The summed E-state index contributed by atoms with van der Waals surface area (Å²) < 4.78 is 5.32. The lowest BCUT2D eigenvalue weighted by molar-refractivity contribution is 0.0378. The first kappa shape index (κ1) is 18.4. The normalized spacial score (nSPS) is 10.8. The standard InChI is InChI=1S/C17H19ClN2O3S/c1-5-11-10(4)24-16(13(11)17(22)23-9(2)3)20-15(21)12-7-6-8-19-14(12)18/h6-9H,5H2,1-4H3,(H,20,21). The second-order valence-corrected chi connectivity index (χ2v) is 7.03. The molecule has 0 saturated carbocycles. The largest absolute Gasteiger partial charge is 0.459 e. The topological polar surface area (TPSA) is 68.3 Å². The van der Waals surface area contributed by atoms with E-state index in [2.05, 4.69) is 10.3 Å². The number of carbonyl (C=O) groups is 2. The van der Waals surface area contributed by atoms with Crippen LogP contribution in [-0.4, -0.2) is 23.0 Å². The van der Waals surface area contributed by atoms with Gasteiger partial charge in [0.15, 0.2) is 0 Å². The van der Waals surface area contributed by atoms with E-state index in [0.29, 0.717) is 17.0 Å². The number of thiophene rings is 1. The number of hydrogen-bond donors (Lipinski definition) is 1. The Kier molecular flexibility index (Phi) is 5.96. The van der Waals surface area contributed by atoms with Gasteiger partial charge < -0.3 is 10.1 Å². The Morgan fingerprint density at radius 1 is 1.42 bits per heavy atom. The Labute approximate surface area is 150 Å².